The third-order valence-electron chi connectivity index (χ3n) is 3.43. The number of amides is 1. The van der Waals surface area contributed by atoms with Gasteiger partial charge in [-0.2, -0.15) is 0 Å². The van der Waals surface area contributed by atoms with E-state index in [2.05, 4.69) is 37.7 Å². The van der Waals surface area contributed by atoms with Crippen LogP contribution in [0.3, 0.4) is 0 Å². The van der Waals surface area contributed by atoms with Gasteiger partial charge >= 0.3 is 0 Å². The van der Waals surface area contributed by atoms with Gasteiger partial charge in [-0.1, -0.05) is 6.92 Å². The molecule has 20 heavy (non-hydrogen) atoms. The highest BCUT2D eigenvalue weighted by atomic mass is 79.9. The molecule has 1 unspecified atom stereocenters. The lowest BCUT2D eigenvalue weighted by atomic mass is 10.2. The summed E-state index contributed by atoms with van der Waals surface area (Å²) in [4.78, 5) is 16.6. The maximum atomic E-state index is 12.3. The molecule has 0 spiro atoms. The first-order valence-corrected chi connectivity index (χ1v) is 8.37. The predicted molar refractivity (Wildman–Crippen MR) is 83.3 cm³/mol. The van der Waals surface area contributed by atoms with Crippen LogP contribution in [0.5, 0.6) is 0 Å². The van der Waals surface area contributed by atoms with E-state index in [4.69, 9.17) is 0 Å². The van der Waals surface area contributed by atoms with Gasteiger partial charge in [0.1, 0.15) is 5.69 Å². The van der Waals surface area contributed by atoms with E-state index < -0.39 is 0 Å². The van der Waals surface area contributed by atoms with Crippen molar-refractivity contribution < 1.29 is 4.79 Å². The smallest absolute Gasteiger partial charge is 0.267 e. The molecular weight excluding hydrogens is 338 g/mol. The summed E-state index contributed by atoms with van der Waals surface area (Å²) in [5.74, 6) is 0.234. The Bertz CT molecular complexity index is 604. The molecule has 1 fully saturated rings. The van der Waals surface area contributed by atoms with E-state index in [-0.39, 0.29) is 11.8 Å². The number of hydrogen-bond donors (Lipinski definition) is 1. The van der Waals surface area contributed by atoms with E-state index in [0.29, 0.717) is 12.6 Å². The molecule has 0 aliphatic heterocycles. The van der Waals surface area contributed by atoms with E-state index in [1.165, 1.54) is 0 Å². The Hall–Kier alpha value is -1.14. The van der Waals surface area contributed by atoms with Crippen LogP contribution in [0.25, 0.3) is 0 Å². The number of thiazole rings is 1. The second kappa shape index (κ2) is 5.69. The molecule has 106 valence electrons. The number of nitrogens with zero attached hydrogens (tertiary/aromatic N) is 2. The fourth-order valence-corrected chi connectivity index (χ4v) is 3.32. The zero-order valence-electron chi connectivity index (χ0n) is 11.2. The van der Waals surface area contributed by atoms with Gasteiger partial charge in [-0.3, -0.25) is 4.79 Å². The number of rotatable bonds is 5. The maximum Gasteiger partial charge on any atom is 0.267 e. The minimum absolute atomic E-state index is 0.00833. The summed E-state index contributed by atoms with van der Waals surface area (Å²) in [6, 6.07) is 2.39. The summed E-state index contributed by atoms with van der Waals surface area (Å²) < 4.78 is 3.04. The minimum Gasteiger partial charge on any atom is -0.350 e. The molecule has 1 saturated carbocycles. The molecule has 0 bridgehead atoms. The summed E-state index contributed by atoms with van der Waals surface area (Å²) in [5, 5.41) is 6.03. The molecule has 1 aliphatic carbocycles. The van der Waals surface area contributed by atoms with Gasteiger partial charge < -0.3 is 9.88 Å². The minimum atomic E-state index is -0.00833. The van der Waals surface area contributed by atoms with Crippen LogP contribution in [0.1, 0.15) is 47.2 Å². The van der Waals surface area contributed by atoms with Crippen LogP contribution in [0.2, 0.25) is 0 Å². The summed E-state index contributed by atoms with van der Waals surface area (Å²) >= 11 is 5.08. The first kappa shape index (κ1) is 13.8. The van der Waals surface area contributed by atoms with Gasteiger partial charge in [-0.25, -0.2) is 4.98 Å². The summed E-state index contributed by atoms with van der Waals surface area (Å²) in [5.41, 5.74) is 0.741. The van der Waals surface area contributed by atoms with Gasteiger partial charge in [0, 0.05) is 40.8 Å². The van der Waals surface area contributed by atoms with Crippen molar-refractivity contribution in [2.24, 2.45) is 0 Å². The summed E-state index contributed by atoms with van der Waals surface area (Å²) in [6.07, 6.45) is 6.12. The van der Waals surface area contributed by atoms with Crippen molar-refractivity contribution in [2.45, 2.75) is 31.7 Å². The third-order valence-corrected chi connectivity index (χ3v) is 4.87. The highest BCUT2D eigenvalue weighted by molar-refractivity contribution is 9.10. The standard InChI is InChI=1S/C14H16BrN3OS/c1-9(14-16-4-5-20-14)7-17-13(19)12-6-10(15)8-18(12)11-2-3-11/h4-6,8-9,11H,2-3,7H2,1H3,(H,17,19). The largest absolute Gasteiger partial charge is 0.350 e. The Morgan fingerprint density at radius 3 is 3.10 bits per heavy atom. The first-order chi connectivity index (χ1) is 9.65. The second-order valence-corrected chi connectivity index (χ2v) is 7.01. The number of carbonyl (C=O) groups is 1. The number of carbonyl (C=O) groups excluding carboxylic acids is 1. The summed E-state index contributed by atoms with van der Waals surface area (Å²) in [7, 11) is 0. The number of aromatic nitrogens is 2. The van der Waals surface area contributed by atoms with E-state index in [9.17, 15) is 4.79 Å². The van der Waals surface area contributed by atoms with Gasteiger partial charge in [0.15, 0.2) is 0 Å². The lowest BCUT2D eigenvalue weighted by molar-refractivity contribution is 0.0942. The monoisotopic (exact) mass is 353 g/mol. The van der Waals surface area contributed by atoms with E-state index >= 15 is 0 Å². The van der Waals surface area contributed by atoms with E-state index in [0.717, 1.165) is 28.0 Å². The fraction of sp³-hybridized carbons (Fsp3) is 0.429. The molecule has 0 aromatic carbocycles. The molecule has 2 aromatic rings. The summed E-state index contributed by atoms with van der Waals surface area (Å²) in [6.45, 7) is 2.69. The topological polar surface area (TPSA) is 46.9 Å². The Kier molecular flexibility index (Phi) is 3.94. The van der Waals surface area contributed by atoms with Crippen LogP contribution in [0, 0.1) is 0 Å². The molecule has 3 rings (SSSR count). The van der Waals surface area contributed by atoms with Crippen LogP contribution in [-0.4, -0.2) is 22.0 Å². The van der Waals surface area contributed by atoms with Gasteiger partial charge in [-0.05, 0) is 34.8 Å². The Labute approximate surface area is 130 Å². The average molecular weight is 354 g/mol. The van der Waals surface area contributed by atoms with Gasteiger partial charge in [-0.15, -0.1) is 11.3 Å². The fourth-order valence-electron chi connectivity index (χ4n) is 2.18. The lowest BCUT2D eigenvalue weighted by Crippen LogP contribution is -2.29. The number of hydrogen-bond acceptors (Lipinski definition) is 3. The zero-order chi connectivity index (χ0) is 14.1. The Balaban J connectivity index is 1.64. The molecule has 1 N–H and O–H groups in total. The zero-order valence-corrected chi connectivity index (χ0v) is 13.6. The molecule has 6 heteroatoms. The quantitative estimate of drug-likeness (QED) is 0.892. The molecule has 4 nitrogen and oxygen atoms in total. The molecule has 2 aromatic heterocycles. The van der Waals surface area contributed by atoms with Crippen molar-refractivity contribution in [3.05, 3.63) is 39.0 Å². The average Bonchev–Trinajstić information content (AvgIpc) is 2.98. The molecular formula is C14H16BrN3OS. The second-order valence-electron chi connectivity index (χ2n) is 5.16. The first-order valence-electron chi connectivity index (χ1n) is 6.70. The van der Waals surface area contributed by atoms with Crippen LogP contribution in [0.15, 0.2) is 28.3 Å². The van der Waals surface area contributed by atoms with Crippen molar-refractivity contribution in [3.8, 4) is 0 Å². The molecule has 1 atom stereocenters. The third kappa shape index (κ3) is 2.96. The van der Waals surface area contributed by atoms with Crippen molar-refractivity contribution >= 4 is 33.2 Å². The number of halogens is 1. The highest BCUT2D eigenvalue weighted by Crippen LogP contribution is 2.37. The van der Waals surface area contributed by atoms with Crippen LogP contribution in [0.4, 0.5) is 0 Å². The van der Waals surface area contributed by atoms with Crippen molar-refractivity contribution in [2.75, 3.05) is 6.54 Å². The van der Waals surface area contributed by atoms with Crippen LogP contribution < -0.4 is 5.32 Å². The van der Waals surface area contributed by atoms with E-state index in [1.54, 1.807) is 17.5 Å². The Morgan fingerprint density at radius 2 is 2.45 bits per heavy atom. The van der Waals surface area contributed by atoms with Crippen molar-refractivity contribution in [1.29, 1.82) is 0 Å². The van der Waals surface area contributed by atoms with Crippen molar-refractivity contribution in [1.82, 2.24) is 14.9 Å². The molecule has 2 heterocycles. The van der Waals surface area contributed by atoms with Crippen molar-refractivity contribution in [3.63, 3.8) is 0 Å². The van der Waals surface area contributed by atoms with E-state index in [1.807, 2.05) is 17.6 Å². The van der Waals surface area contributed by atoms with Crippen LogP contribution >= 0.6 is 27.3 Å². The SMILES string of the molecule is CC(CNC(=O)c1cc(Br)cn1C1CC1)c1nccs1. The molecule has 1 amide bonds. The predicted octanol–water partition coefficient (Wildman–Crippen LogP) is 3.58. The Morgan fingerprint density at radius 1 is 1.65 bits per heavy atom. The highest BCUT2D eigenvalue weighted by Gasteiger charge is 2.27. The molecule has 1 aliphatic rings. The van der Waals surface area contributed by atoms with Gasteiger partial charge in [0.05, 0.1) is 5.01 Å². The molecule has 0 saturated heterocycles. The number of nitrogens with one attached hydrogen (secondary N) is 1. The normalized spacial score (nSPS) is 16.1. The van der Waals surface area contributed by atoms with Crippen LogP contribution in [-0.2, 0) is 0 Å². The maximum absolute atomic E-state index is 12.3. The molecule has 0 radical (unpaired) electrons. The van der Waals surface area contributed by atoms with Gasteiger partial charge in [0.25, 0.3) is 5.91 Å². The lowest BCUT2D eigenvalue weighted by Gasteiger charge is -2.11. The van der Waals surface area contributed by atoms with Gasteiger partial charge in [0.2, 0.25) is 0 Å².